The summed E-state index contributed by atoms with van der Waals surface area (Å²) >= 11 is 0. The molecule has 0 unspecified atom stereocenters. The van der Waals surface area contributed by atoms with E-state index in [9.17, 15) is 4.39 Å². The molecule has 1 aromatic heterocycles. The van der Waals surface area contributed by atoms with Crippen LogP contribution in [0.15, 0.2) is 36.5 Å². The number of benzene rings is 1. The van der Waals surface area contributed by atoms with Crippen LogP contribution in [-0.4, -0.2) is 23.4 Å². The maximum Gasteiger partial charge on any atom is 0.145 e. The summed E-state index contributed by atoms with van der Waals surface area (Å²) < 4.78 is 14.5. The first-order chi connectivity index (χ1) is 8.15. The van der Waals surface area contributed by atoms with Gasteiger partial charge in [0.15, 0.2) is 0 Å². The third-order valence-electron chi connectivity index (χ3n) is 2.59. The molecule has 2 aromatic rings. The second kappa shape index (κ2) is 4.86. The molecule has 90 valence electrons. The van der Waals surface area contributed by atoms with E-state index in [1.165, 1.54) is 12.1 Å². The van der Waals surface area contributed by atoms with E-state index in [0.717, 1.165) is 18.8 Å². The number of anilines is 2. The predicted molar refractivity (Wildman–Crippen MR) is 66.3 cm³/mol. The van der Waals surface area contributed by atoms with E-state index in [0.29, 0.717) is 5.82 Å². The molecule has 0 amide bonds. The maximum absolute atomic E-state index is 12.8. The lowest BCUT2D eigenvalue weighted by Gasteiger charge is -2.19. The summed E-state index contributed by atoms with van der Waals surface area (Å²) in [7, 11) is 1.96. The smallest absolute Gasteiger partial charge is 0.145 e. The van der Waals surface area contributed by atoms with Crippen molar-refractivity contribution in [2.45, 2.75) is 6.54 Å². The number of nitrogens with zero attached hydrogens (tertiary/aromatic N) is 3. The van der Waals surface area contributed by atoms with Crippen LogP contribution in [0.4, 0.5) is 15.9 Å². The van der Waals surface area contributed by atoms with Gasteiger partial charge in [-0.1, -0.05) is 0 Å². The van der Waals surface area contributed by atoms with Crippen molar-refractivity contribution < 1.29 is 4.39 Å². The highest BCUT2D eigenvalue weighted by Crippen LogP contribution is 2.12. The van der Waals surface area contributed by atoms with Gasteiger partial charge >= 0.3 is 0 Å². The highest BCUT2D eigenvalue weighted by Gasteiger charge is 2.02. The molecular formula is C12H15FN4. The van der Waals surface area contributed by atoms with E-state index < -0.39 is 0 Å². The zero-order valence-corrected chi connectivity index (χ0v) is 9.68. The summed E-state index contributed by atoms with van der Waals surface area (Å²) in [4.78, 5) is 2.04. The van der Waals surface area contributed by atoms with Crippen LogP contribution in [0.25, 0.3) is 0 Å². The second-order valence-corrected chi connectivity index (χ2v) is 3.90. The fraction of sp³-hybridized carbons (Fsp3) is 0.250. The molecule has 2 N–H and O–H groups in total. The quantitative estimate of drug-likeness (QED) is 0.876. The van der Waals surface area contributed by atoms with Crippen molar-refractivity contribution in [2.75, 3.05) is 24.2 Å². The lowest BCUT2D eigenvalue weighted by Crippen LogP contribution is -2.22. The minimum absolute atomic E-state index is 0.220. The van der Waals surface area contributed by atoms with Crippen LogP contribution < -0.4 is 10.6 Å². The van der Waals surface area contributed by atoms with Gasteiger partial charge in [0.2, 0.25) is 0 Å². The third-order valence-corrected chi connectivity index (χ3v) is 2.59. The van der Waals surface area contributed by atoms with Crippen LogP contribution in [0.2, 0.25) is 0 Å². The number of nitrogens with two attached hydrogens (primary N) is 1. The highest BCUT2D eigenvalue weighted by atomic mass is 19.1. The van der Waals surface area contributed by atoms with Gasteiger partial charge in [0.25, 0.3) is 0 Å². The van der Waals surface area contributed by atoms with E-state index in [2.05, 4.69) is 5.10 Å². The Hall–Kier alpha value is -2.04. The summed E-state index contributed by atoms with van der Waals surface area (Å²) in [6.07, 6.45) is 1.84. The van der Waals surface area contributed by atoms with Gasteiger partial charge in [0.1, 0.15) is 11.6 Å². The van der Waals surface area contributed by atoms with Crippen LogP contribution in [0.1, 0.15) is 0 Å². The molecule has 0 aliphatic carbocycles. The zero-order chi connectivity index (χ0) is 12.3. The molecule has 17 heavy (non-hydrogen) atoms. The van der Waals surface area contributed by atoms with Crippen LogP contribution in [-0.2, 0) is 6.54 Å². The number of likely N-dealkylation sites (N-methyl/N-ethyl adjacent to an activating group) is 1. The standard InChI is InChI=1S/C12H15FN4/c1-16(11-4-2-10(13)3-5-11)8-9-17-7-6-12(14)15-17/h2-7H,8-9H2,1H3,(H2,14,15). The Kier molecular flexibility index (Phi) is 3.27. The van der Waals surface area contributed by atoms with Gasteiger partial charge in [0, 0.05) is 25.5 Å². The molecule has 0 saturated carbocycles. The average Bonchev–Trinajstić information content (AvgIpc) is 2.73. The van der Waals surface area contributed by atoms with E-state index in [1.807, 2.05) is 18.1 Å². The maximum atomic E-state index is 12.8. The predicted octanol–water partition coefficient (Wildman–Crippen LogP) is 1.74. The Morgan fingerprint density at radius 1 is 1.29 bits per heavy atom. The summed E-state index contributed by atoms with van der Waals surface area (Å²) in [5.41, 5.74) is 6.50. The Balaban J connectivity index is 1.93. The third kappa shape index (κ3) is 2.96. The van der Waals surface area contributed by atoms with E-state index in [-0.39, 0.29) is 5.82 Å². The van der Waals surface area contributed by atoms with Gasteiger partial charge in [-0.25, -0.2) is 4.39 Å². The van der Waals surface area contributed by atoms with Crippen molar-refractivity contribution in [1.82, 2.24) is 9.78 Å². The molecule has 0 aliphatic heterocycles. The molecule has 4 nitrogen and oxygen atoms in total. The Bertz CT molecular complexity index is 478. The van der Waals surface area contributed by atoms with E-state index >= 15 is 0 Å². The van der Waals surface area contributed by atoms with Gasteiger partial charge in [-0.05, 0) is 30.3 Å². The number of nitrogen functional groups attached to an aromatic ring is 1. The van der Waals surface area contributed by atoms with Gasteiger partial charge < -0.3 is 10.6 Å². The molecule has 0 fully saturated rings. The molecule has 0 atom stereocenters. The van der Waals surface area contributed by atoms with Crippen LogP contribution in [0, 0.1) is 5.82 Å². The van der Waals surface area contributed by atoms with Crippen LogP contribution >= 0.6 is 0 Å². The van der Waals surface area contributed by atoms with Crippen molar-refractivity contribution in [1.29, 1.82) is 0 Å². The number of hydrogen-bond acceptors (Lipinski definition) is 3. The minimum atomic E-state index is -0.220. The number of halogens is 1. The topological polar surface area (TPSA) is 47.1 Å². The Morgan fingerprint density at radius 2 is 2.00 bits per heavy atom. The molecule has 0 radical (unpaired) electrons. The summed E-state index contributed by atoms with van der Waals surface area (Å²) in [6, 6.07) is 8.19. The van der Waals surface area contributed by atoms with Crippen LogP contribution in [0.3, 0.4) is 0 Å². The lowest BCUT2D eigenvalue weighted by molar-refractivity contribution is 0.612. The lowest BCUT2D eigenvalue weighted by atomic mass is 10.3. The van der Waals surface area contributed by atoms with Gasteiger partial charge in [-0.15, -0.1) is 0 Å². The van der Waals surface area contributed by atoms with Crippen molar-refractivity contribution >= 4 is 11.5 Å². The normalized spacial score (nSPS) is 10.5. The van der Waals surface area contributed by atoms with Gasteiger partial charge in [-0.2, -0.15) is 5.10 Å². The average molecular weight is 234 g/mol. The molecule has 0 spiro atoms. The first-order valence-corrected chi connectivity index (χ1v) is 5.41. The highest BCUT2D eigenvalue weighted by molar-refractivity contribution is 5.45. The first-order valence-electron chi connectivity index (χ1n) is 5.41. The molecule has 1 aromatic carbocycles. The monoisotopic (exact) mass is 234 g/mol. The summed E-state index contributed by atoms with van der Waals surface area (Å²) in [5.74, 6) is 0.302. The van der Waals surface area contributed by atoms with E-state index in [4.69, 9.17) is 5.73 Å². The van der Waals surface area contributed by atoms with Crippen molar-refractivity contribution in [3.8, 4) is 0 Å². The molecule has 0 bridgehead atoms. The number of aromatic nitrogens is 2. The molecule has 5 heteroatoms. The first kappa shape index (κ1) is 11.4. The second-order valence-electron chi connectivity index (χ2n) is 3.90. The zero-order valence-electron chi connectivity index (χ0n) is 9.68. The minimum Gasteiger partial charge on any atom is -0.382 e. The fourth-order valence-electron chi connectivity index (χ4n) is 1.58. The van der Waals surface area contributed by atoms with Gasteiger partial charge in [0.05, 0.1) is 6.54 Å². The Labute approximate surface area is 99.5 Å². The van der Waals surface area contributed by atoms with Crippen LogP contribution in [0.5, 0.6) is 0 Å². The molecule has 0 saturated heterocycles. The molecule has 2 rings (SSSR count). The number of rotatable bonds is 4. The van der Waals surface area contributed by atoms with E-state index in [1.54, 1.807) is 22.9 Å². The molecule has 1 heterocycles. The molecular weight excluding hydrogens is 219 g/mol. The van der Waals surface area contributed by atoms with Crippen molar-refractivity contribution in [3.63, 3.8) is 0 Å². The number of hydrogen-bond donors (Lipinski definition) is 1. The van der Waals surface area contributed by atoms with Crippen molar-refractivity contribution in [2.24, 2.45) is 0 Å². The summed E-state index contributed by atoms with van der Waals surface area (Å²) in [6.45, 7) is 1.53. The SMILES string of the molecule is CN(CCn1ccc(N)n1)c1ccc(F)cc1. The summed E-state index contributed by atoms with van der Waals surface area (Å²) in [5, 5.41) is 4.10. The molecule has 0 aliphatic rings. The van der Waals surface area contributed by atoms with Gasteiger partial charge in [-0.3, -0.25) is 4.68 Å². The Morgan fingerprint density at radius 3 is 2.59 bits per heavy atom. The van der Waals surface area contributed by atoms with Crippen molar-refractivity contribution in [3.05, 3.63) is 42.3 Å². The largest absolute Gasteiger partial charge is 0.382 e. The fourth-order valence-corrected chi connectivity index (χ4v) is 1.58.